The van der Waals surface area contributed by atoms with E-state index in [0.717, 1.165) is 4.88 Å². The number of rotatable bonds is 6. The van der Waals surface area contributed by atoms with Crippen LogP contribution in [0.15, 0.2) is 41.8 Å². The van der Waals surface area contributed by atoms with Gasteiger partial charge in [0.15, 0.2) is 0 Å². The highest BCUT2D eigenvalue weighted by molar-refractivity contribution is 7.09. The Bertz CT molecular complexity index is 558. The minimum Gasteiger partial charge on any atom is -0.405 e. The Morgan fingerprint density at radius 2 is 1.95 bits per heavy atom. The zero-order chi connectivity index (χ0) is 15.3. The summed E-state index contributed by atoms with van der Waals surface area (Å²) >= 11 is 1.57. The van der Waals surface area contributed by atoms with Crippen molar-refractivity contribution in [3.63, 3.8) is 0 Å². The predicted molar refractivity (Wildman–Crippen MR) is 76.1 cm³/mol. The molecule has 0 aliphatic rings. The van der Waals surface area contributed by atoms with E-state index in [4.69, 9.17) is 5.73 Å². The van der Waals surface area contributed by atoms with Gasteiger partial charge in [0.25, 0.3) is 0 Å². The molecule has 0 aliphatic carbocycles. The molecular formula is C14H15F3N2OS. The van der Waals surface area contributed by atoms with Crippen molar-refractivity contribution in [1.82, 2.24) is 5.32 Å². The number of alkyl halides is 3. The molecule has 1 heterocycles. The maximum atomic E-state index is 12.4. The number of para-hydroxylation sites is 1. The standard InChI is InChI=1S/C14H15F3N2OS/c15-14(16,17)20-13-6-2-1-5-11(13)12(8-18)19-9-10-4-3-7-21-10/h1-7,12,19H,8-9,18H2. The molecule has 2 rings (SSSR count). The summed E-state index contributed by atoms with van der Waals surface area (Å²) < 4.78 is 41.3. The van der Waals surface area contributed by atoms with E-state index < -0.39 is 12.4 Å². The van der Waals surface area contributed by atoms with Gasteiger partial charge in [-0.25, -0.2) is 0 Å². The molecule has 0 aliphatic heterocycles. The third-order valence-electron chi connectivity index (χ3n) is 2.86. The monoisotopic (exact) mass is 316 g/mol. The Balaban J connectivity index is 2.13. The van der Waals surface area contributed by atoms with Gasteiger partial charge in [0.05, 0.1) is 0 Å². The van der Waals surface area contributed by atoms with E-state index in [-0.39, 0.29) is 12.3 Å². The normalized spacial score (nSPS) is 13.1. The van der Waals surface area contributed by atoms with Gasteiger partial charge in [0.2, 0.25) is 0 Å². The van der Waals surface area contributed by atoms with Gasteiger partial charge in [-0.2, -0.15) is 0 Å². The van der Waals surface area contributed by atoms with Crippen LogP contribution in [0.3, 0.4) is 0 Å². The fraction of sp³-hybridized carbons (Fsp3) is 0.286. The minimum absolute atomic E-state index is 0.170. The first-order valence-electron chi connectivity index (χ1n) is 6.30. The van der Waals surface area contributed by atoms with Gasteiger partial charge in [-0.05, 0) is 17.5 Å². The van der Waals surface area contributed by atoms with Crippen LogP contribution in [0.4, 0.5) is 13.2 Å². The van der Waals surface area contributed by atoms with E-state index in [1.165, 1.54) is 12.1 Å². The lowest BCUT2D eigenvalue weighted by Crippen LogP contribution is -2.29. The number of halogens is 3. The summed E-state index contributed by atoms with van der Waals surface area (Å²) in [4.78, 5) is 1.09. The topological polar surface area (TPSA) is 47.3 Å². The molecule has 114 valence electrons. The molecule has 3 nitrogen and oxygen atoms in total. The molecule has 1 atom stereocenters. The third kappa shape index (κ3) is 4.73. The van der Waals surface area contributed by atoms with Gasteiger partial charge in [-0.3, -0.25) is 0 Å². The smallest absolute Gasteiger partial charge is 0.405 e. The maximum Gasteiger partial charge on any atom is 0.573 e. The van der Waals surface area contributed by atoms with Crippen molar-refractivity contribution >= 4 is 11.3 Å². The van der Waals surface area contributed by atoms with Gasteiger partial charge >= 0.3 is 6.36 Å². The fourth-order valence-electron chi connectivity index (χ4n) is 1.94. The van der Waals surface area contributed by atoms with Crippen molar-refractivity contribution in [2.45, 2.75) is 18.9 Å². The Labute approximate surface area is 124 Å². The largest absolute Gasteiger partial charge is 0.573 e. The number of ether oxygens (including phenoxy) is 1. The minimum atomic E-state index is -4.72. The average molecular weight is 316 g/mol. The molecule has 1 aromatic heterocycles. The molecule has 21 heavy (non-hydrogen) atoms. The molecule has 0 spiro atoms. The summed E-state index contributed by atoms with van der Waals surface area (Å²) in [6.45, 7) is 0.712. The summed E-state index contributed by atoms with van der Waals surface area (Å²) in [5, 5.41) is 5.09. The maximum absolute atomic E-state index is 12.4. The SMILES string of the molecule is NCC(NCc1cccs1)c1ccccc1OC(F)(F)F. The van der Waals surface area contributed by atoms with Gasteiger partial charge in [-0.15, -0.1) is 24.5 Å². The highest BCUT2D eigenvalue weighted by Gasteiger charge is 2.32. The summed E-state index contributed by atoms with van der Waals surface area (Å²) in [7, 11) is 0. The zero-order valence-electron chi connectivity index (χ0n) is 11.1. The van der Waals surface area contributed by atoms with E-state index in [9.17, 15) is 13.2 Å². The molecule has 1 unspecified atom stereocenters. The van der Waals surface area contributed by atoms with Crippen molar-refractivity contribution < 1.29 is 17.9 Å². The van der Waals surface area contributed by atoms with Crippen LogP contribution in [0, 0.1) is 0 Å². The van der Waals surface area contributed by atoms with E-state index in [0.29, 0.717) is 12.1 Å². The van der Waals surface area contributed by atoms with Gasteiger partial charge in [0, 0.05) is 29.6 Å². The fourth-order valence-corrected chi connectivity index (χ4v) is 2.60. The second kappa shape index (κ2) is 6.93. The molecule has 0 saturated carbocycles. The van der Waals surface area contributed by atoms with E-state index in [2.05, 4.69) is 10.1 Å². The van der Waals surface area contributed by atoms with Crippen molar-refractivity contribution in [2.24, 2.45) is 5.73 Å². The Morgan fingerprint density at radius 1 is 1.19 bits per heavy atom. The van der Waals surface area contributed by atoms with E-state index in [1.54, 1.807) is 23.5 Å². The van der Waals surface area contributed by atoms with Crippen LogP contribution in [0.5, 0.6) is 5.75 Å². The summed E-state index contributed by atoms with van der Waals surface area (Å²) in [6.07, 6.45) is -4.72. The van der Waals surface area contributed by atoms with Crippen LogP contribution in [0.25, 0.3) is 0 Å². The van der Waals surface area contributed by atoms with Crippen molar-refractivity contribution in [1.29, 1.82) is 0 Å². The highest BCUT2D eigenvalue weighted by Crippen LogP contribution is 2.30. The average Bonchev–Trinajstić information content (AvgIpc) is 2.92. The lowest BCUT2D eigenvalue weighted by Gasteiger charge is -2.20. The van der Waals surface area contributed by atoms with Crippen LogP contribution in [-0.4, -0.2) is 12.9 Å². The molecule has 0 fully saturated rings. The third-order valence-corrected chi connectivity index (χ3v) is 3.73. The molecule has 0 amide bonds. The van der Waals surface area contributed by atoms with Crippen LogP contribution >= 0.6 is 11.3 Å². The molecule has 0 bridgehead atoms. The lowest BCUT2D eigenvalue weighted by molar-refractivity contribution is -0.275. The second-order valence-corrected chi connectivity index (χ2v) is 5.37. The summed E-state index contributed by atoms with van der Waals surface area (Å²) in [5.41, 5.74) is 6.08. The predicted octanol–water partition coefficient (Wildman–Crippen LogP) is 3.44. The van der Waals surface area contributed by atoms with Crippen LogP contribution in [0.2, 0.25) is 0 Å². The lowest BCUT2D eigenvalue weighted by atomic mass is 10.1. The Morgan fingerprint density at radius 3 is 2.57 bits per heavy atom. The first kappa shape index (κ1) is 15.8. The van der Waals surface area contributed by atoms with Crippen LogP contribution in [-0.2, 0) is 6.54 Å². The number of benzene rings is 1. The molecule has 1 aromatic carbocycles. The number of hydrogen-bond acceptors (Lipinski definition) is 4. The first-order valence-corrected chi connectivity index (χ1v) is 7.18. The summed E-state index contributed by atoms with van der Waals surface area (Å²) in [5.74, 6) is -0.223. The number of thiophene rings is 1. The zero-order valence-corrected chi connectivity index (χ0v) is 11.9. The molecule has 2 aromatic rings. The first-order chi connectivity index (χ1) is 9.99. The van der Waals surface area contributed by atoms with Crippen LogP contribution in [0.1, 0.15) is 16.5 Å². The number of nitrogens with one attached hydrogen (secondary N) is 1. The van der Waals surface area contributed by atoms with Crippen molar-refractivity contribution in [3.05, 3.63) is 52.2 Å². The Kier molecular flexibility index (Phi) is 5.22. The van der Waals surface area contributed by atoms with Gasteiger partial charge in [-0.1, -0.05) is 24.3 Å². The van der Waals surface area contributed by atoms with Crippen LogP contribution < -0.4 is 15.8 Å². The van der Waals surface area contributed by atoms with Crippen molar-refractivity contribution in [3.8, 4) is 5.75 Å². The number of nitrogens with two attached hydrogens (primary N) is 1. The molecular weight excluding hydrogens is 301 g/mol. The van der Waals surface area contributed by atoms with Gasteiger partial charge < -0.3 is 15.8 Å². The highest BCUT2D eigenvalue weighted by atomic mass is 32.1. The quantitative estimate of drug-likeness (QED) is 0.858. The van der Waals surface area contributed by atoms with Crippen molar-refractivity contribution in [2.75, 3.05) is 6.54 Å². The molecule has 0 radical (unpaired) electrons. The molecule has 7 heteroatoms. The van der Waals surface area contributed by atoms with E-state index in [1.807, 2.05) is 17.5 Å². The molecule has 0 saturated heterocycles. The van der Waals surface area contributed by atoms with Gasteiger partial charge in [0.1, 0.15) is 5.75 Å². The molecule has 3 N–H and O–H groups in total. The van der Waals surface area contributed by atoms with E-state index >= 15 is 0 Å². The summed E-state index contributed by atoms with van der Waals surface area (Å²) in [6, 6.07) is 9.48. The number of hydrogen-bond donors (Lipinski definition) is 2. The Hall–Kier alpha value is -1.57. The second-order valence-electron chi connectivity index (χ2n) is 4.33.